The molecule has 0 spiro atoms. The normalized spacial score (nSPS) is 26.9. The number of aromatic nitrogens is 1. The summed E-state index contributed by atoms with van der Waals surface area (Å²) >= 11 is 6.36. The average Bonchev–Trinajstić information content (AvgIpc) is 3.64. The van der Waals surface area contributed by atoms with Crippen molar-refractivity contribution in [3.63, 3.8) is 0 Å². The molecular weight excluding hydrogens is 722 g/mol. The lowest BCUT2D eigenvalue weighted by Crippen LogP contribution is -2.48. The average molecular weight is 782 g/mol. The van der Waals surface area contributed by atoms with Gasteiger partial charge in [0.15, 0.2) is 11.6 Å². The van der Waals surface area contributed by atoms with Crippen LogP contribution in [0.2, 0.25) is 5.02 Å². The van der Waals surface area contributed by atoms with Crippen molar-refractivity contribution >= 4 is 35.2 Å². The van der Waals surface area contributed by atoms with E-state index in [2.05, 4.69) is 14.8 Å². The molecule has 0 unspecified atom stereocenters. The molecule has 2 saturated carbocycles. The fraction of sp³-hybridized carbons (Fsp3) is 0.643. The van der Waals surface area contributed by atoms with Gasteiger partial charge in [-0.15, -0.1) is 0 Å². The Morgan fingerprint density at radius 1 is 0.727 bits per heavy atom. The van der Waals surface area contributed by atoms with Gasteiger partial charge in [-0.05, 0) is 88.8 Å². The number of ketones is 2. The van der Waals surface area contributed by atoms with Gasteiger partial charge < -0.3 is 24.7 Å². The molecule has 2 N–H and O–H groups in total. The third kappa shape index (κ3) is 10.1. The number of halogens is 1. The van der Waals surface area contributed by atoms with Crippen molar-refractivity contribution in [2.75, 3.05) is 72.2 Å². The van der Waals surface area contributed by atoms with Crippen LogP contribution in [0.5, 0.6) is 0 Å². The van der Waals surface area contributed by atoms with E-state index in [0.29, 0.717) is 48.8 Å². The molecule has 13 heteroatoms. The summed E-state index contributed by atoms with van der Waals surface area (Å²) in [7, 11) is 0. The van der Waals surface area contributed by atoms with Gasteiger partial charge in [-0.3, -0.25) is 29.2 Å². The van der Waals surface area contributed by atoms with Gasteiger partial charge in [0, 0.05) is 77.6 Å². The van der Waals surface area contributed by atoms with Gasteiger partial charge in [0.25, 0.3) is 0 Å². The molecule has 3 heterocycles. The Morgan fingerprint density at radius 3 is 1.78 bits per heavy atom. The summed E-state index contributed by atoms with van der Waals surface area (Å²) in [5.74, 6) is -0.125. The van der Waals surface area contributed by atoms with Gasteiger partial charge in [0.2, 0.25) is 5.91 Å². The highest BCUT2D eigenvalue weighted by Gasteiger charge is 2.46. The number of pyridine rings is 1. The molecule has 2 aliphatic heterocycles. The fourth-order valence-electron chi connectivity index (χ4n) is 9.41. The molecule has 1 aromatic carbocycles. The quantitative estimate of drug-likeness (QED) is 0.370. The molecule has 302 valence electrons. The molecule has 12 nitrogen and oxygen atoms in total. The smallest absolute Gasteiger partial charge is 0.409 e. The topological polar surface area (TPSA) is 144 Å². The van der Waals surface area contributed by atoms with Crippen molar-refractivity contribution in [1.82, 2.24) is 24.6 Å². The van der Waals surface area contributed by atoms with Crippen LogP contribution < -0.4 is 0 Å². The van der Waals surface area contributed by atoms with Gasteiger partial charge in [0.1, 0.15) is 13.2 Å². The summed E-state index contributed by atoms with van der Waals surface area (Å²) in [4.78, 5) is 62.1. The van der Waals surface area contributed by atoms with E-state index in [1.165, 1.54) is 0 Å². The van der Waals surface area contributed by atoms with Crippen LogP contribution in [0.15, 0.2) is 48.7 Å². The molecule has 2 aliphatic carbocycles. The minimum absolute atomic E-state index is 0.0681. The van der Waals surface area contributed by atoms with Crippen molar-refractivity contribution in [1.29, 1.82) is 0 Å². The molecule has 0 atom stereocenters. The molecule has 6 rings (SSSR count). The number of carbonyl (C=O) groups is 4. The minimum Gasteiger partial charge on any atom is -0.450 e. The molecule has 4 aliphatic rings. The van der Waals surface area contributed by atoms with Crippen LogP contribution in [0.25, 0.3) is 0 Å². The Kier molecular flexibility index (Phi) is 15.6. The highest BCUT2D eigenvalue weighted by Crippen LogP contribution is 2.44. The molecule has 1 aromatic heterocycles. The summed E-state index contributed by atoms with van der Waals surface area (Å²) in [5, 5.41) is 19.6. The molecule has 2 saturated heterocycles. The first kappa shape index (κ1) is 42.7. The molecule has 2 aromatic rings. The minimum atomic E-state index is -0.791. The maximum atomic E-state index is 12.7. The van der Waals surface area contributed by atoms with Crippen LogP contribution in [-0.4, -0.2) is 143 Å². The number of ether oxygens (including phenoxy) is 1. The molecular formula is C42H60ClN5O7. The van der Waals surface area contributed by atoms with E-state index >= 15 is 0 Å². The van der Waals surface area contributed by atoms with Crippen LogP contribution in [0.1, 0.15) is 89.3 Å². The lowest BCUT2D eigenvalue weighted by molar-refractivity contribution is -0.130. The zero-order valence-corrected chi connectivity index (χ0v) is 33.4. The predicted octanol–water partition coefficient (Wildman–Crippen LogP) is 4.62. The monoisotopic (exact) mass is 781 g/mol. The van der Waals surface area contributed by atoms with E-state index in [1.807, 2.05) is 42.2 Å². The second-order valence-corrected chi connectivity index (χ2v) is 15.9. The third-order valence-electron chi connectivity index (χ3n) is 12.6. The number of amides is 2. The van der Waals surface area contributed by atoms with Gasteiger partial charge in [-0.2, -0.15) is 0 Å². The largest absolute Gasteiger partial charge is 0.450 e. The summed E-state index contributed by atoms with van der Waals surface area (Å²) in [6.45, 7) is 9.62. The molecule has 0 radical (unpaired) electrons. The predicted molar refractivity (Wildman–Crippen MR) is 211 cm³/mol. The first-order chi connectivity index (χ1) is 26.6. The Labute approximate surface area is 331 Å². The zero-order chi connectivity index (χ0) is 39.4. The highest BCUT2D eigenvalue weighted by atomic mass is 35.5. The number of aliphatic hydroxyl groups is 2. The fourth-order valence-corrected chi connectivity index (χ4v) is 9.71. The van der Waals surface area contributed by atoms with E-state index in [4.69, 9.17) is 16.3 Å². The van der Waals surface area contributed by atoms with Crippen molar-refractivity contribution in [2.45, 2.75) is 101 Å². The van der Waals surface area contributed by atoms with Crippen molar-refractivity contribution in [3.8, 4) is 0 Å². The number of rotatable bonds is 9. The van der Waals surface area contributed by atoms with Crippen LogP contribution in [-0.2, 0) is 30.0 Å². The Hall–Kier alpha value is -3.42. The zero-order valence-electron chi connectivity index (χ0n) is 32.7. The van der Waals surface area contributed by atoms with Gasteiger partial charge >= 0.3 is 6.09 Å². The molecule has 4 fully saturated rings. The van der Waals surface area contributed by atoms with Crippen molar-refractivity contribution < 1.29 is 34.1 Å². The second kappa shape index (κ2) is 20.1. The Morgan fingerprint density at radius 2 is 1.25 bits per heavy atom. The van der Waals surface area contributed by atoms with E-state index in [-0.39, 0.29) is 23.6 Å². The number of carbonyl (C=O) groups excluding carboxylic acids is 4. The first-order valence-electron chi connectivity index (χ1n) is 20.2. The maximum Gasteiger partial charge on any atom is 0.409 e. The number of benzene rings is 1. The van der Waals surface area contributed by atoms with Gasteiger partial charge in [-0.1, -0.05) is 41.9 Å². The lowest BCUT2D eigenvalue weighted by atomic mass is 9.65. The summed E-state index contributed by atoms with van der Waals surface area (Å²) in [5.41, 5.74) is 0.274. The number of hydrogen-bond acceptors (Lipinski definition) is 10. The van der Waals surface area contributed by atoms with Crippen molar-refractivity contribution in [2.24, 2.45) is 0 Å². The van der Waals surface area contributed by atoms with Crippen molar-refractivity contribution in [3.05, 3.63) is 64.9 Å². The molecule has 0 bridgehead atoms. The van der Waals surface area contributed by atoms with E-state index in [0.717, 1.165) is 103 Å². The van der Waals surface area contributed by atoms with Gasteiger partial charge in [-0.25, -0.2) is 4.79 Å². The number of nitrogens with zero attached hydrogens (tertiary/aromatic N) is 5. The van der Waals surface area contributed by atoms with E-state index in [9.17, 15) is 29.4 Å². The third-order valence-corrected chi connectivity index (χ3v) is 12.9. The van der Waals surface area contributed by atoms with Crippen LogP contribution in [0.4, 0.5) is 4.79 Å². The molecule has 55 heavy (non-hydrogen) atoms. The highest BCUT2D eigenvalue weighted by molar-refractivity contribution is 6.31. The first-order valence-corrected chi connectivity index (χ1v) is 20.6. The van der Waals surface area contributed by atoms with Crippen LogP contribution >= 0.6 is 11.6 Å². The number of Topliss-reactive ketones (excluding diaryl/α,β-unsaturated/α-hetero) is 2. The number of hydrogen-bond donors (Lipinski definition) is 2. The lowest BCUT2D eigenvalue weighted by Gasteiger charge is -2.42. The SMILES string of the molecule is CC(=O)N1CCCN(C2CCC(C(=O)CO)(c3ncccc3Cl)CC2)CC1.CCOC(=O)N1CCCN(C2CCC(C(=O)CO)(c3ccccc3)CC2)CC1. The summed E-state index contributed by atoms with van der Waals surface area (Å²) in [6.07, 6.45) is 9.74. The van der Waals surface area contributed by atoms with E-state index < -0.39 is 24.0 Å². The van der Waals surface area contributed by atoms with Gasteiger partial charge in [0.05, 0.1) is 28.2 Å². The standard InChI is InChI=1S/C22H32N2O4.C20H28ClN3O3/c1-2-28-21(27)24-14-6-13-23(15-16-24)19-9-11-22(12-10-19,20(26)17-25)18-7-4-3-5-8-18;1-15(26)23-10-3-11-24(13-12-23)16-5-7-20(8-6-16,18(27)14-25)19-17(21)4-2-9-22-19/h3-5,7-8,19,25H,2,6,9-17H2,1H3;2,4,9,16,25H,3,5-8,10-14H2,1H3. The summed E-state index contributed by atoms with van der Waals surface area (Å²) < 4.78 is 5.14. The maximum absolute atomic E-state index is 12.7. The second-order valence-electron chi connectivity index (χ2n) is 15.5. The Bertz CT molecular complexity index is 1580. The molecule has 2 amide bonds. The van der Waals surface area contributed by atoms with Crippen LogP contribution in [0.3, 0.4) is 0 Å². The summed E-state index contributed by atoms with van der Waals surface area (Å²) in [6, 6.07) is 14.2. The van der Waals surface area contributed by atoms with Crippen LogP contribution in [0, 0.1) is 0 Å². The Balaban J connectivity index is 0.000000211. The van der Waals surface area contributed by atoms with E-state index in [1.54, 1.807) is 30.2 Å². The number of aliphatic hydroxyl groups excluding tert-OH is 2.